The molecule has 1 atom stereocenters. The Labute approximate surface area is 106 Å². The van der Waals surface area contributed by atoms with Gasteiger partial charge in [-0.1, -0.05) is 31.5 Å². The quantitative estimate of drug-likeness (QED) is 0.724. The molecule has 4 heteroatoms. The molecule has 16 heavy (non-hydrogen) atoms. The molecule has 1 unspecified atom stereocenters. The van der Waals surface area contributed by atoms with E-state index in [-0.39, 0.29) is 11.9 Å². The van der Waals surface area contributed by atoms with Crippen LogP contribution in [-0.2, 0) is 0 Å². The van der Waals surface area contributed by atoms with Crippen LogP contribution >= 0.6 is 23.2 Å². The van der Waals surface area contributed by atoms with Crippen molar-refractivity contribution in [2.45, 2.75) is 19.9 Å². The maximum absolute atomic E-state index is 13.8. The monoisotopic (exact) mass is 263 g/mol. The van der Waals surface area contributed by atoms with Crippen LogP contribution in [0.15, 0.2) is 18.2 Å². The Morgan fingerprint density at radius 1 is 1.31 bits per heavy atom. The van der Waals surface area contributed by atoms with E-state index in [9.17, 15) is 4.39 Å². The van der Waals surface area contributed by atoms with Gasteiger partial charge in [-0.25, -0.2) is 4.39 Å². The predicted octanol–water partition coefficient (Wildman–Crippen LogP) is 4.10. The van der Waals surface area contributed by atoms with Crippen molar-refractivity contribution in [3.63, 3.8) is 0 Å². The summed E-state index contributed by atoms with van der Waals surface area (Å²) in [5.41, 5.74) is 0.503. The highest BCUT2D eigenvalue weighted by atomic mass is 35.5. The molecule has 0 heterocycles. The van der Waals surface area contributed by atoms with Crippen LogP contribution in [-0.4, -0.2) is 23.9 Å². The van der Waals surface area contributed by atoms with Crippen LogP contribution in [0.4, 0.5) is 4.39 Å². The van der Waals surface area contributed by atoms with Crippen LogP contribution in [0.2, 0.25) is 5.02 Å². The van der Waals surface area contributed by atoms with Gasteiger partial charge in [-0.3, -0.25) is 4.90 Å². The summed E-state index contributed by atoms with van der Waals surface area (Å²) in [6.07, 6.45) is 0. The first kappa shape index (κ1) is 13.8. The average Bonchev–Trinajstić information content (AvgIpc) is 2.28. The van der Waals surface area contributed by atoms with Crippen molar-refractivity contribution in [1.29, 1.82) is 0 Å². The van der Waals surface area contributed by atoms with E-state index in [1.807, 2.05) is 13.8 Å². The highest BCUT2D eigenvalue weighted by Crippen LogP contribution is 2.30. The second-order valence-electron chi connectivity index (χ2n) is 3.53. The van der Waals surface area contributed by atoms with E-state index in [4.69, 9.17) is 23.2 Å². The Bertz CT molecular complexity index is 320. The fraction of sp³-hybridized carbons (Fsp3) is 0.500. The topological polar surface area (TPSA) is 3.24 Å². The summed E-state index contributed by atoms with van der Waals surface area (Å²) in [6.45, 7) is 5.69. The fourth-order valence-electron chi connectivity index (χ4n) is 1.85. The molecule has 1 rings (SSSR count). The minimum absolute atomic E-state index is 0.162. The molecule has 0 saturated heterocycles. The molecule has 1 aromatic rings. The summed E-state index contributed by atoms with van der Waals surface area (Å²) < 4.78 is 13.8. The first-order chi connectivity index (χ1) is 7.65. The number of halogens is 3. The standard InChI is InChI=1S/C12H16Cl2FN/c1-3-16(4-2)11(8-13)12-9(14)6-5-7-10(12)15/h5-7,11H,3-4,8H2,1-2H3. The van der Waals surface area contributed by atoms with E-state index in [1.54, 1.807) is 12.1 Å². The molecule has 0 aliphatic rings. The molecule has 0 radical (unpaired) electrons. The number of alkyl halides is 1. The molecule has 1 aromatic carbocycles. The molecule has 0 N–H and O–H groups in total. The zero-order chi connectivity index (χ0) is 12.1. The van der Waals surface area contributed by atoms with Crippen molar-refractivity contribution in [3.8, 4) is 0 Å². The predicted molar refractivity (Wildman–Crippen MR) is 67.8 cm³/mol. The van der Waals surface area contributed by atoms with Crippen LogP contribution in [0.1, 0.15) is 25.5 Å². The first-order valence-corrected chi connectivity index (χ1v) is 6.30. The molecule has 0 aliphatic carbocycles. The third kappa shape index (κ3) is 2.88. The molecule has 0 saturated carbocycles. The van der Waals surface area contributed by atoms with Crippen molar-refractivity contribution >= 4 is 23.2 Å². The second kappa shape index (κ2) is 6.43. The SMILES string of the molecule is CCN(CC)C(CCl)c1c(F)cccc1Cl. The van der Waals surface area contributed by atoms with Gasteiger partial charge in [0.25, 0.3) is 0 Å². The van der Waals surface area contributed by atoms with E-state index in [1.165, 1.54) is 6.07 Å². The van der Waals surface area contributed by atoms with Crippen molar-refractivity contribution in [3.05, 3.63) is 34.6 Å². The van der Waals surface area contributed by atoms with Crippen LogP contribution in [0, 0.1) is 5.82 Å². The number of nitrogens with zero attached hydrogens (tertiary/aromatic N) is 1. The van der Waals surface area contributed by atoms with Crippen LogP contribution in [0.25, 0.3) is 0 Å². The first-order valence-electron chi connectivity index (χ1n) is 5.39. The molecule has 0 amide bonds. The maximum Gasteiger partial charge on any atom is 0.129 e. The lowest BCUT2D eigenvalue weighted by Crippen LogP contribution is -2.30. The highest BCUT2D eigenvalue weighted by molar-refractivity contribution is 6.31. The Balaban J connectivity index is 3.12. The van der Waals surface area contributed by atoms with Gasteiger partial charge in [0, 0.05) is 16.5 Å². The van der Waals surface area contributed by atoms with Gasteiger partial charge in [-0.05, 0) is 25.2 Å². The molecular formula is C12H16Cl2FN. The van der Waals surface area contributed by atoms with Crippen molar-refractivity contribution in [2.75, 3.05) is 19.0 Å². The number of benzene rings is 1. The lowest BCUT2D eigenvalue weighted by atomic mass is 10.1. The van der Waals surface area contributed by atoms with Crippen LogP contribution in [0.3, 0.4) is 0 Å². The lowest BCUT2D eigenvalue weighted by Gasteiger charge is -2.29. The maximum atomic E-state index is 13.8. The lowest BCUT2D eigenvalue weighted by molar-refractivity contribution is 0.232. The van der Waals surface area contributed by atoms with Gasteiger partial charge in [0.15, 0.2) is 0 Å². The Morgan fingerprint density at radius 2 is 1.94 bits per heavy atom. The summed E-state index contributed by atoms with van der Waals surface area (Å²) in [5.74, 6) is 0.0487. The minimum Gasteiger partial charge on any atom is -0.296 e. The summed E-state index contributed by atoms with van der Waals surface area (Å²) in [7, 11) is 0. The Morgan fingerprint density at radius 3 is 2.38 bits per heavy atom. The largest absolute Gasteiger partial charge is 0.296 e. The van der Waals surface area contributed by atoms with Gasteiger partial charge in [-0.15, -0.1) is 11.6 Å². The molecule has 0 aliphatic heterocycles. The van der Waals surface area contributed by atoms with E-state index in [0.717, 1.165) is 13.1 Å². The number of hydrogen-bond acceptors (Lipinski definition) is 1. The smallest absolute Gasteiger partial charge is 0.129 e. The summed E-state index contributed by atoms with van der Waals surface area (Å²) in [6, 6.07) is 4.56. The van der Waals surface area contributed by atoms with E-state index < -0.39 is 0 Å². The van der Waals surface area contributed by atoms with E-state index in [0.29, 0.717) is 16.5 Å². The average molecular weight is 264 g/mol. The fourth-order valence-corrected chi connectivity index (χ4v) is 2.49. The summed E-state index contributed by atoms with van der Waals surface area (Å²) in [5, 5.41) is 0.442. The van der Waals surface area contributed by atoms with Crippen LogP contribution in [0.5, 0.6) is 0 Å². The molecular weight excluding hydrogens is 248 g/mol. The number of rotatable bonds is 5. The molecule has 0 spiro atoms. The molecule has 0 fully saturated rings. The third-order valence-electron chi connectivity index (χ3n) is 2.73. The van der Waals surface area contributed by atoms with E-state index in [2.05, 4.69) is 4.90 Å². The highest BCUT2D eigenvalue weighted by Gasteiger charge is 2.22. The van der Waals surface area contributed by atoms with Gasteiger partial charge in [0.05, 0.1) is 6.04 Å². The Kier molecular flexibility index (Phi) is 5.53. The molecule has 1 nitrogen and oxygen atoms in total. The van der Waals surface area contributed by atoms with Gasteiger partial charge in [-0.2, -0.15) is 0 Å². The second-order valence-corrected chi connectivity index (χ2v) is 4.24. The van der Waals surface area contributed by atoms with Gasteiger partial charge in [0.1, 0.15) is 5.82 Å². The summed E-state index contributed by atoms with van der Waals surface area (Å²) in [4.78, 5) is 2.09. The zero-order valence-electron chi connectivity index (χ0n) is 9.51. The van der Waals surface area contributed by atoms with Crippen molar-refractivity contribution in [2.24, 2.45) is 0 Å². The molecule has 0 bridgehead atoms. The van der Waals surface area contributed by atoms with Crippen molar-refractivity contribution in [1.82, 2.24) is 4.90 Å². The zero-order valence-corrected chi connectivity index (χ0v) is 11.0. The molecule has 0 aromatic heterocycles. The van der Waals surface area contributed by atoms with Gasteiger partial charge in [0.2, 0.25) is 0 Å². The van der Waals surface area contributed by atoms with Crippen LogP contribution < -0.4 is 0 Å². The number of hydrogen-bond donors (Lipinski definition) is 0. The van der Waals surface area contributed by atoms with Gasteiger partial charge < -0.3 is 0 Å². The van der Waals surface area contributed by atoms with Crippen molar-refractivity contribution < 1.29 is 4.39 Å². The van der Waals surface area contributed by atoms with E-state index >= 15 is 0 Å². The van der Waals surface area contributed by atoms with Gasteiger partial charge >= 0.3 is 0 Å². The molecule has 90 valence electrons. The Hall–Kier alpha value is -0.310. The summed E-state index contributed by atoms with van der Waals surface area (Å²) >= 11 is 12.0. The normalized spacial score (nSPS) is 13.1. The minimum atomic E-state index is -0.287. The third-order valence-corrected chi connectivity index (χ3v) is 3.35.